The van der Waals surface area contributed by atoms with E-state index in [1.807, 2.05) is 6.07 Å². The summed E-state index contributed by atoms with van der Waals surface area (Å²) in [6, 6.07) is 4.63. The van der Waals surface area contributed by atoms with Crippen LogP contribution in [0, 0.1) is 0 Å². The molecule has 0 amide bonds. The van der Waals surface area contributed by atoms with Crippen molar-refractivity contribution < 1.29 is 9.47 Å². The summed E-state index contributed by atoms with van der Waals surface area (Å²) in [7, 11) is 0. The maximum atomic E-state index is 5.40. The standard InChI is InChI=1S/C14H20BrNO2/c1-3-5-11(4-2)16-8-10-6-13-14(7-12(10)15)18-9-17-13/h6-7,11,16H,3-5,8-9H2,1-2H3. The Kier molecular flexibility index (Phi) is 4.89. The molecule has 1 aliphatic heterocycles. The summed E-state index contributed by atoms with van der Waals surface area (Å²) in [6.45, 7) is 5.63. The number of hydrogen-bond donors (Lipinski definition) is 1. The number of ether oxygens (including phenoxy) is 2. The van der Waals surface area contributed by atoms with E-state index in [-0.39, 0.29) is 0 Å². The van der Waals surface area contributed by atoms with Gasteiger partial charge in [-0.2, -0.15) is 0 Å². The van der Waals surface area contributed by atoms with Crippen LogP contribution in [0.3, 0.4) is 0 Å². The minimum atomic E-state index is 0.325. The number of rotatable bonds is 6. The van der Waals surface area contributed by atoms with E-state index in [4.69, 9.17) is 9.47 Å². The Morgan fingerprint density at radius 1 is 1.28 bits per heavy atom. The van der Waals surface area contributed by atoms with Gasteiger partial charge in [0, 0.05) is 17.1 Å². The molecule has 0 saturated heterocycles. The molecule has 0 fully saturated rings. The van der Waals surface area contributed by atoms with Crippen LogP contribution < -0.4 is 14.8 Å². The molecule has 1 aliphatic rings. The van der Waals surface area contributed by atoms with Crippen molar-refractivity contribution in [2.75, 3.05) is 6.79 Å². The number of nitrogens with one attached hydrogen (secondary N) is 1. The van der Waals surface area contributed by atoms with Gasteiger partial charge in [0.2, 0.25) is 6.79 Å². The lowest BCUT2D eigenvalue weighted by Crippen LogP contribution is -2.27. The Balaban J connectivity index is 2.01. The second kappa shape index (κ2) is 6.43. The third-order valence-electron chi connectivity index (χ3n) is 3.25. The van der Waals surface area contributed by atoms with Crippen LogP contribution in [0.25, 0.3) is 0 Å². The summed E-state index contributed by atoms with van der Waals surface area (Å²) in [4.78, 5) is 0. The summed E-state index contributed by atoms with van der Waals surface area (Å²) in [5.74, 6) is 1.67. The molecule has 0 aromatic heterocycles. The zero-order valence-corrected chi connectivity index (χ0v) is 12.5. The largest absolute Gasteiger partial charge is 0.454 e. The smallest absolute Gasteiger partial charge is 0.231 e. The highest BCUT2D eigenvalue weighted by Crippen LogP contribution is 2.36. The molecule has 0 spiro atoms. The molecule has 1 heterocycles. The predicted octanol–water partition coefficient (Wildman–Crippen LogP) is 3.85. The van der Waals surface area contributed by atoms with Crippen LogP contribution in [0.1, 0.15) is 38.7 Å². The van der Waals surface area contributed by atoms with Gasteiger partial charge in [-0.1, -0.05) is 36.2 Å². The molecular weight excluding hydrogens is 294 g/mol. The highest BCUT2D eigenvalue weighted by atomic mass is 79.9. The van der Waals surface area contributed by atoms with Crippen LogP contribution in [-0.2, 0) is 6.54 Å². The monoisotopic (exact) mass is 313 g/mol. The van der Waals surface area contributed by atoms with Gasteiger partial charge in [0.15, 0.2) is 11.5 Å². The maximum absolute atomic E-state index is 5.40. The first-order valence-electron chi connectivity index (χ1n) is 6.56. The van der Waals surface area contributed by atoms with Crippen molar-refractivity contribution in [3.63, 3.8) is 0 Å². The van der Waals surface area contributed by atoms with Crippen molar-refractivity contribution in [1.29, 1.82) is 0 Å². The van der Waals surface area contributed by atoms with Crippen molar-refractivity contribution in [2.45, 2.75) is 45.7 Å². The molecule has 100 valence electrons. The molecular formula is C14H20BrNO2. The number of halogens is 1. The summed E-state index contributed by atoms with van der Waals surface area (Å²) < 4.78 is 11.8. The Morgan fingerprint density at radius 3 is 2.67 bits per heavy atom. The molecule has 0 saturated carbocycles. The molecule has 2 rings (SSSR count). The average Bonchev–Trinajstić information content (AvgIpc) is 2.81. The molecule has 3 nitrogen and oxygen atoms in total. The van der Waals surface area contributed by atoms with Crippen molar-refractivity contribution in [1.82, 2.24) is 5.32 Å². The highest BCUT2D eigenvalue weighted by Gasteiger charge is 2.16. The van der Waals surface area contributed by atoms with E-state index >= 15 is 0 Å². The van der Waals surface area contributed by atoms with E-state index in [1.165, 1.54) is 18.4 Å². The van der Waals surface area contributed by atoms with Crippen molar-refractivity contribution in [3.05, 3.63) is 22.2 Å². The zero-order valence-electron chi connectivity index (χ0n) is 11.0. The second-order valence-corrected chi connectivity index (χ2v) is 5.43. The van der Waals surface area contributed by atoms with Crippen LogP contribution in [-0.4, -0.2) is 12.8 Å². The normalized spacial score (nSPS) is 14.8. The lowest BCUT2D eigenvalue weighted by molar-refractivity contribution is 0.174. The molecule has 1 aromatic carbocycles. The summed E-state index contributed by atoms with van der Waals surface area (Å²) in [5.41, 5.74) is 1.22. The van der Waals surface area contributed by atoms with E-state index in [2.05, 4.69) is 41.2 Å². The van der Waals surface area contributed by atoms with Gasteiger partial charge < -0.3 is 14.8 Å². The predicted molar refractivity (Wildman–Crippen MR) is 76.1 cm³/mol. The summed E-state index contributed by atoms with van der Waals surface area (Å²) >= 11 is 3.59. The van der Waals surface area contributed by atoms with E-state index in [0.717, 1.165) is 28.9 Å². The van der Waals surface area contributed by atoms with Gasteiger partial charge in [0.25, 0.3) is 0 Å². The van der Waals surface area contributed by atoms with Crippen LogP contribution in [0.2, 0.25) is 0 Å². The van der Waals surface area contributed by atoms with Gasteiger partial charge in [-0.3, -0.25) is 0 Å². The molecule has 0 aliphatic carbocycles. The van der Waals surface area contributed by atoms with Crippen LogP contribution in [0.5, 0.6) is 11.5 Å². The van der Waals surface area contributed by atoms with Gasteiger partial charge in [0.05, 0.1) is 0 Å². The van der Waals surface area contributed by atoms with Gasteiger partial charge in [0.1, 0.15) is 0 Å². The Bertz CT molecular complexity index is 409. The van der Waals surface area contributed by atoms with Crippen LogP contribution in [0.4, 0.5) is 0 Å². The van der Waals surface area contributed by atoms with E-state index in [1.54, 1.807) is 0 Å². The maximum Gasteiger partial charge on any atom is 0.231 e. The van der Waals surface area contributed by atoms with Crippen LogP contribution >= 0.6 is 15.9 Å². The highest BCUT2D eigenvalue weighted by molar-refractivity contribution is 9.10. The first-order chi connectivity index (χ1) is 8.74. The van der Waals surface area contributed by atoms with E-state index in [9.17, 15) is 0 Å². The van der Waals surface area contributed by atoms with Crippen molar-refractivity contribution in [3.8, 4) is 11.5 Å². The summed E-state index contributed by atoms with van der Waals surface area (Å²) in [5, 5.41) is 3.59. The molecule has 4 heteroatoms. The Labute approximate surface area is 117 Å². The number of hydrogen-bond acceptors (Lipinski definition) is 3. The van der Waals surface area contributed by atoms with Crippen molar-refractivity contribution >= 4 is 15.9 Å². The van der Waals surface area contributed by atoms with Crippen LogP contribution in [0.15, 0.2) is 16.6 Å². The zero-order chi connectivity index (χ0) is 13.0. The second-order valence-electron chi connectivity index (χ2n) is 4.57. The third kappa shape index (κ3) is 3.18. The minimum Gasteiger partial charge on any atom is -0.454 e. The van der Waals surface area contributed by atoms with Gasteiger partial charge in [-0.05, 0) is 30.5 Å². The Hall–Kier alpha value is -0.740. The topological polar surface area (TPSA) is 30.5 Å². The third-order valence-corrected chi connectivity index (χ3v) is 3.99. The van der Waals surface area contributed by atoms with Gasteiger partial charge in [-0.25, -0.2) is 0 Å². The quantitative estimate of drug-likeness (QED) is 0.865. The van der Waals surface area contributed by atoms with Gasteiger partial charge >= 0.3 is 0 Å². The first-order valence-corrected chi connectivity index (χ1v) is 7.35. The first kappa shape index (κ1) is 13.7. The fraction of sp³-hybridized carbons (Fsp3) is 0.571. The van der Waals surface area contributed by atoms with Gasteiger partial charge in [-0.15, -0.1) is 0 Å². The van der Waals surface area contributed by atoms with E-state index < -0.39 is 0 Å². The Morgan fingerprint density at radius 2 is 2.00 bits per heavy atom. The van der Waals surface area contributed by atoms with Crippen molar-refractivity contribution in [2.24, 2.45) is 0 Å². The lowest BCUT2D eigenvalue weighted by Gasteiger charge is -2.16. The number of benzene rings is 1. The minimum absolute atomic E-state index is 0.325. The molecule has 0 bridgehead atoms. The average molecular weight is 314 g/mol. The molecule has 1 N–H and O–H groups in total. The van der Waals surface area contributed by atoms with E-state index in [0.29, 0.717) is 12.8 Å². The fourth-order valence-electron chi connectivity index (χ4n) is 2.15. The molecule has 18 heavy (non-hydrogen) atoms. The summed E-state index contributed by atoms with van der Waals surface area (Å²) in [6.07, 6.45) is 3.60. The molecule has 1 unspecified atom stereocenters. The fourth-order valence-corrected chi connectivity index (χ4v) is 2.61. The molecule has 1 aromatic rings. The SMILES string of the molecule is CCCC(CC)NCc1cc2c(cc1Br)OCO2. The number of fused-ring (bicyclic) bond motifs is 1. The lowest BCUT2D eigenvalue weighted by atomic mass is 10.1. The molecule has 0 radical (unpaired) electrons. The molecule has 1 atom stereocenters.